The Morgan fingerprint density at radius 3 is 2.75 bits per heavy atom. The summed E-state index contributed by atoms with van der Waals surface area (Å²) < 4.78 is 5.19. The van der Waals surface area contributed by atoms with Gasteiger partial charge < -0.3 is 15.8 Å². The zero-order valence-electron chi connectivity index (χ0n) is 9.78. The van der Waals surface area contributed by atoms with Crippen LogP contribution in [0.4, 0.5) is 5.69 Å². The van der Waals surface area contributed by atoms with Gasteiger partial charge in [0, 0.05) is 13.7 Å². The number of pyridine rings is 1. The first-order valence-electron chi connectivity index (χ1n) is 4.99. The van der Waals surface area contributed by atoms with Gasteiger partial charge in [-0.15, -0.1) is 0 Å². The van der Waals surface area contributed by atoms with E-state index in [1.54, 1.807) is 19.2 Å². The summed E-state index contributed by atoms with van der Waals surface area (Å²) in [6, 6.07) is 3.23. The van der Waals surface area contributed by atoms with E-state index in [0.29, 0.717) is 17.9 Å². The van der Waals surface area contributed by atoms with Crippen molar-refractivity contribution in [1.82, 2.24) is 10.3 Å². The van der Waals surface area contributed by atoms with Gasteiger partial charge in [-0.05, 0) is 26.0 Å². The standard InChI is InChI=1S/C11H17N3O2/c1-11(2,16-3)7-14-10(15)9-5-4-8(12)6-13-9/h4-6H,7,12H2,1-3H3,(H,14,15). The van der Waals surface area contributed by atoms with E-state index in [9.17, 15) is 4.79 Å². The maximum Gasteiger partial charge on any atom is 0.269 e. The van der Waals surface area contributed by atoms with Gasteiger partial charge in [-0.2, -0.15) is 0 Å². The highest BCUT2D eigenvalue weighted by Crippen LogP contribution is 2.06. The highest BCUT2D eigenvalue weighted by molar-refractivity contribution is 5.92. The number of rotatable bonds is 4. The Morgan fingerprint density at radius 1 is 1.56 bits per heavy atom. The second kappa shape index (κ2) is 4.94. The molecule has 1 aromatic rings. The van der Waals surface area contributed by atoms with Gasteiger partial charge in [0.25, 0.3) is 5.91 Å². The fourth-order valence-electron chi connectivity index (χ4n) is 0.995. The number of hydrogen-bond acceptors (Lipinski definition) is 4. The maximum absolute atomic E-state index is 11.6. The van der Waals surface area contributed by atoms with E-state index in [4.69, 9.17) is 10.5 Å². The molecule has 1 heterocycles. The first-order valence-corrected chi connectivity index (χ1v) is 4.99. The highest BCUT2D eigenvalue weighted by Gasteiger charge is 2.18. The molecule has 0 saturated heterocycles. The summed E-state index contributed by atoms with van der Waals surface area (Å²) >= 11 is 0. The van der Waals surface area contributed by atoms with Crippen molar-refractivity contribution in [3.8, 4) is 0 Å². The molecular weight excluding hydrogens is 206 g/mol. The molecule has 0 saturated carbocycles. The Labute approximate surface area is 95.0 Å². The fraction of sp³-hybridized carbons (Fsp3) is 0.455. The van der Waals surface area contributed by atoms with Gasteiger partial charge in [-0.1, -0.05) is 0 Å². The highest BCUT2D eigenvalue weighted by atomic mass is 16.5. The van der Waals surface area contributed by atoms with Crippen LogP contribution in [0, 0.1) is 0 Å². The number of nitrogen functional groups attached to an aromatic ring is 1. The van der Waals surface area contributed by atoms with E-state index < -0.39 is 0 Å². The summed E-state index contributed by atoms with van der Waals surface area (Å²) in [6.45, 7) is 4.21. The molecule has 0 aliphatic carbocycles. The van der Waals surface area contributed by atoms with Crippen LogP contribution in [-0.2, 0) is 4.74 Å². The number of aromatic nitrogens is 1. The summed E-state index contributed by atoms with van der Waals surface area (Å²) in [5, 5.41) is 2.74. The van der Waals surface area contributed by atoms with Crippen LogP contribution in [0.3, 0.4) is 0 Å². The maximum atomic E-state index is 11.6. The number of hydrogen-bond donors (Lipinski definition) is 2. The Kier molecular flexibility index (Phi) is 3.84. The van der Waals surface area contributed by atoms with Gasteiger partial charge >= 0.3 is 0 Å². The van der Waals surface area contributed by atoms with E-state index in [1.165, 1.54) is 6.20 Å². The Morgan fingerprint density at radius 2 is 2.25 bits per heavy atom. The second-order valence-corrected chi connectivity index (χ2v) is 4.12. The summed E-state index contributed by atoms with van der Waals surface area (Å²) in [5.41, 5.74) is 5.98. The number of carbonyl (C=O) groups excluding carboxylic acids is 1. The third-order valence-corrected chi connectivity index (χ3v) is 2.25. The van der Waals surface area contributed by atoms with Crippen molar-refractivity contribution in [3.63, 3.8) is 0 Å². The molecule has 16 heavy (non-hydrogen) atoms. The minimum atomic E-state index is -0.385. The van der Waals surface area contributed by atoms with Crippen LogP contribution in [0.2, 0.25) is 0 Å². The monoisotopic (exact) mass is 223 g/mol. The fourth-order valence-corrected chi connectivity index (χ4v) is 0.995. The third kappa shape index (κ3) is 3.51. The molecule has 5 heteroatoms. The lowest BCUT2D eigenvalue weighted by molar-refractivity contribution is 0.0228. The van der Waals surface area contributed by atoms with Crippen molar-refractivity contribution in [2.75, 3.05) is 19.4 Å². The zero-order chi connectivity index (χ0) is 12.2. The molecule has 0 radical (unpaired) electrons. The lowest BCUT2D eigenvalue weighted by Crippen LogP contribution is -2.39. The first kappa shape index (κ1) is 12.4. The number of nitrogens with zero attached hydrogens (tertiary/aromatic N) is 1. The molecule has 0 aliphatic heterocycles. The predicted molar refractivity (Wildman–Crippen MR) is 62.1 cm³/mol. The molecule has 88 valence electrons. The van der Waals surface area contributed by atoms with Crippen molar-refractivity contribution in [3.05, 3.63) is 24.0 Å². The quantitative estimate of drug-likeness (QED) is 0.792. The molecule has 0 fully saturated rings. The lowest BCUT2D eigenvalue weighted by Gasteiger charge is -2.22. The molecule has 0 aromatic carbocycles. The molecular formula is C11H17N3O2. The summed E-state index contributed by atoms with van der Waals surface area (Å²) in [7, 11) is 1.60. The topological polar surface area (TPSA) is 77.2 Å². The van der Waals surface area contributed by atoms with Crippen molar-refractivity contribution < 1.29 is 9.53 Å². The number of anilines is 1. The second-order valence-electron chi connectivity index (χ2n) is 4.12. The molecule has 0 aliphatic rings. The first-order chi connectivity index (χ1) is 7.44. The molecule has 0 spiro atoms. The Bertz CT molecular complexity index is 360. The SMILES string of the molecule is COC(C)(C)CNC(=O)c1ccc(N)cn1. The van der Waals surface area contributed by atoms with Crippen molar-refractivity contribution in [2.45, 2.75) is 19.4 Å². The van der Waals surface area contributed by atoms with Gasteiger partial charge in [-0.3, -0.25) is 4.79 Å². The number of ether oxygens (including phenoxy) is 1. The normalized spacial score (nSPS) is 11.2. The molecule has 3 N–H and O–H groups in total. The van der Waals surface area contributed by atoms with Crippen LogP contribution in [-0.4, -0.2) is 30.1 Å². The van der Waals surface area contributed by atoms with Crippen LogP contribution in [0.25, 0.3) is 0 Å². The summed E-state index contributed by atoms with van der Waals surface area (Å²) in [4.78, 5) is 15.6. The minimum absolute atomic E-state index is 0.231. The minimum Gasteiger partial charge on any atom is -0.397 e. The van der Waals surface area contributed by atoms with Gasteiger partial charge in [0.1, 0.15) is 5.69 Å². The largest absolute Gasteiger partial charge is 0.397 e. The van der Waals surface area contributed by atoms with Crippen LogP contribution >= 0.6 is 0 Å². The van der Waals surface area contributed by atoms with Crippen LogP contribution in [0.5, 0.6) is 0 Å². The number of methoxy groups -OCH3 is 1. The summed E-state index contributed by atoms with van der Waals surface area (Å²) in [5.74, 6) is -0.231. The average molecular weight is 223 g/mol. The van der Waals surface area contributed by atoms with E-state index in [-0.39, 0.29) is 11.5 Å². The molecule has 1 rings (SSSR count). The third-order valence-electron chi connectivity index (χ3n) is 2.25. The van der Waals surface area contributed by atoms with Crippen molar-refractivity contribution >= 4 is 11.6 Å². The molecule has 0 atom stereocenters. The van der Waals surface area contributed by atoms with Crippen molar-refractivity contribution in [1.29, 1.82) is 0 Å². The molecule has 0 unspecified atom stereocenters. The molecule has 0 bridgehead atoms. The smallest absolute Gasteiger partial charge is 0.269 e. The number of carbonyl (C=O) groups is 1. The summed E-state index contributed by atoms with van der Waals surface area (Å²) in [6.07, 6.45) is 1.45. The van der Waals surface area contributed by atoms with Gasteiger partial charge in [0.2, 0.25) is 0 Å². The molecule has 1 aromatic heterocycles. The lowest BCUT2D eigenvalue weighted by atomic mass is 10.1. The molecule has 5 nitrogen and oxygen atoms in total. The number of amides is 1. The van der Waals surface area contributed by atoms with Crippen LogP contribution < -0.4 is 11.1 Å². The van der Waals surface area contributed by atoms with Crippen LogP contribution in [0.15, 0.2) is 18.3 Å². The van der Waals surface area contributed by atoms with E-state index in [1.807, 2.05) is 13.8 Å². The predicted octanol–water partition coefficient (Wildman–Crippen LogP) is 0.819. The van der Waals surface area contributed by atoms with Gasteiger partial charge in [0.05, 0.1) is 17.5 Å². The van der Waals surface area contributed by atoms with Gasteiger partial charge in [0.15, 0.2) is 0 Å². The Balaban J connectivity index is 2.56. The Hall–Kier alpha value is -1.62. The van der Waals surface area contributed by atoms with Gasteiger partial charge in [-0.25, -0.2) is 4.98 Å². The van der Waals surface area contributed by atoms with Crippen LogP contribution in [0.1, 0.15) is 24.3 Å². The van der Waals surface area contributed by atoms with E-state index in [2.05, 4.69) is 10.3 Å². The van der Waals surface area contributed by atoms with E-state index in [0.717, 1.165) is 0 Å². The van der Waals surface area contributed by atoms with E-state index >= 15 is 0 Å². The zero-order valence-corrected chi connectivity index (χ0v) is 9.78. The van der Waals surface area contributed by atoms with Crippen molar-refractivity contribution in [2.24, 2.45) is 0 Å². The average Bonchev–Trinajstić information content (AvgIpc) is 2.27. The number of nitrogens with one attached hydrogen (secondary N) is 1. The number of nitrogens with two attached hydrogens (primary N) is 1. The molecule has 1 amide bonds.